The van der Waals surface area contributed by atoms with Gasteiger partial charge >= 0.3 is 0 Å². The summed E-state index contributed by atoms with van der Waals surface area (Å²) in [5.41, 5.74) is 6.44. The van der Waals surface area contributed by atoms with Crippen molar-refractivity contribution in [3.8, 4) is 0 Å². The van der Waals surface area contributed by atoms with Crippen molar-refractivity contribution < 1.29 is 9.18 Å². The Morgan fingerprint density at radius 2 is 2.00 bits per heavy atom. The maximum Gasteiger partial charge on any atom is 0.256 e. The molecular formula is C17H25FN2O. The molecule has 2 rings (SSSR count). The normalized spacial score (nSPS) is 23.2. The predicted molar refractivity (Wildman–Crippen MR) is 82.5 cm³/mol. The molecule has 4 heteroatoms. The van der Waals surface area contributed by atoms with Crippen LogP contribution in [0.1, 0.15) is 44.0 Å². The van der Waals surface area contributed by atoms with Crippen LogP contribution in [-0.4, -0.2) is 29.9 Å². The summed E-state index contributed by atoms with van der Waals surface area (Å²) in [6.07, 6.45) is 1.94. The largest absolute Gasteiger partial charge is 0.337 e. The second-order valence-corrected chi connectivity index (χ2v) is 7.32. The quantitative estimate of drug-likeness (QED) is 0.910. The smallest absolute Gasteiger partial charge is 0.256 e. The lowest BCUT2D eigenvalue weighted by atomic mass is 9.80. The second kappa shape index (κ2) is 6.14. The number of likely N-dealkylation sites (tertiary alicyclic amines) is 1. The van der Waals surface area contributed by atoms with Gasteiger partial charge in [-0.05, 0) is 36.3 Å². The third-order valence-electron chi connectivity index (χ3n) is 3.86. The molecule has 1 aliphatic heterocycles. The number of carbonyl (C=O) groups is 1. The van der Waals surface area contributed by atoms with Crippen LogP contribution in [0, 0.1) is 17.2 Å². The fourth-order valence-corrected chi connectivity index (χ4v) is 3.23. The average Bonchev–Trinajstić information content (AvgIpc) is 2.35. The number of rotatable bonds is 2. The van der Waals surface area contributed by atoms with E-state index in [0.29, 0.717) is 19.0 Å². The molecule has 1 amide bonds. The number of halogens is 1. The van der Waals surface area contributed by atoms with Crippen LogP contribution in [0.3, 0.4) is 0 Å². The number of carbonyl (C=O) groups excluding carboxylic acids is 1. The van der Waals surface area contributed by atoms with Gasteiger partial charge in [-0.3, -0.25) is 4.79 Å². The second-order valence-electron chi connectivity index (χ2n) is 7.32. The molecule has 2 atom stereocenters. The number of hydrogen-bond donors (Lipinski definition) is 1. The Bertz CT molecular complexity index is 510. The molecule has 0 radical (unpaired) electrons. The Balaban J connectivity index is 2.12. The Morgan fingerprint density at radius 1 is 1.33 bits per heavy atom. The van der Waals surface area contributed by atoms with Gasteiger partial charge in [-0.15, -0.1) is 0 Å². The van der Waals surface area contributed by atoms with Crippen LogP contribution >= 0.6 is 0 Å². The van der Waals surface area contributed by atoms with E-state index < -0.39 is 5.82 Å². The van der Waals surface area contributed by atoms with E-state index in [1.165, 1.54) is 12.1 Å². The van der Waals surface area contributed by atoms with Gasteiger partial charge < -0.3 is 10.6 Å². The van der Waals surface area contributed by atoms with Gasteiger partial charge in [0.1, 0.15) is 5.82 Å². The highest BCUT2D eigenvalue weighted by atomic mass is 19.1. The van der Waals surface area contributed by atoms with Crippen molar-refractivity contribution in [1.82, 2.24) is 4.90 Å². The third-order valence-corrected chi connectivity index (χ3v) is 3.86. The van der Waals surface area contributed by atoms with Crippen LogP contribution in [0.5, 0.6) is 0 Å². The van der Waals surface area contributed by atoms with Gasteiger partial charge in [0.25, 0.3) is 5.91 Å². The molecule has 2 N–H and O–H groups in total. The molecule has 0 aliphatic carbocycles. The lowest BCUT2D eigenvalue weighted by Gasteiger charge is -2.38. The van der Waals surface area contributed by atoms with Gasteiger partial charge in [0.15, 0.2) is 0 Å². The maximum atomic E-state index is 13.8. The zero-order chi connectivity index (χ0) is 15.6. The van der Waals surface area contributed by atoms with Gasteiger partial charge in [0.2, 0.25) is 0 Å². The summed E-state index contributed by atoms with van der Waals surface area (Å²) < 4.78 is 13.8. The van der Waals surface area contributed by atoms with E-state index in [1.54, 1.807) is 17.0 Å². The summed E-state index contributed by atoms with van der Waals surface area (Å²) in [5.74, 6) is -0.333. The molecule has 116 valence electrons. The van der Waals surface area contributed by atoms with E-state index in [9.17, 15) is 9.18 Å². The van der Waals surface area contributed by atoms with E-state index in [-0.39, 0.29) is 22.9 Å². The number of hydrogen-bond acceptors (Lipinski definition) is 2. The highest BCUT2D eigenvalue weighted by Gasteiger charge is 2.31. The zero-order valence-corrected chi connectivity index (χ0v) is 13.1. The lowest BCUT2D eigenvalue weighted by Crippen LogP contribution is -2.50. The van der Waals surface area contributed by atoms with Gasteiger partial charge in [-0.1, -0.05) is 32.9 Å². The first-order chi connectivity index (χ1) is 9.76. The molecule has 0 saturated carbocycles. The standard InChI is InChI=1S/C17H25FN2O/c1-17(2,3)9-12-8-13(19)11-20(10-12)16(21)14-6-4-5-7-15(14)18/h4-7,12-13H,8-11,19H2,1-3H3. The Hall–Kier alpha value is -1.42. The molecular weight excluding hydrogens is 267 g/mol. The molecule has 1 aromatic rings. The summed E-state index contributed by atoms with van der Waals surface area (Å²) in [6, 6.07) is 6.12. The maximum absolute atomic E-state index is 13.8. The zero-order valence-electron chi connectivity index (χ0n) is 13.1. The molecule has 21 heavy (non-hydrogen) atoms. The third kappa shape index (κ3) is 4.27. The van der Waals surface area contributed by atoms with Crippen LogP contribution in [-0.2, 0) is 0 Å². The van der Waals surface area contributed by atoms with E-state index in [1.807, 2.05) is 0 Å². The Labute approximate surface area is 126 Å². The van der Waals surface area contributed by atoms with E-state index >= 15 is 0 Å². The number of nitrogens with two attached hydrogens (primary N) is 1. The first-order valence-corrected chi connectivity index (χ1v) is 7.55. The van der Waals surface area contributed by atoms with Gasteiger partial charge in [-0.2, -0.15) is 0 Å². The Morgan fingerprint density at radius 3 is 2.62 bits per heavy atom. The molecule has 1 saturated heterocycles. The topological polar surface area (TPSA) is 46.3 Å². The number of benzene rings is 1. The molecule has 1 heterocycles. The molecule has 0 bridgehead atoms. The van der Waals surface area contributed by atoms with Gasteiger partial charge in [0.05, 0.1) is 5.56 Å². The van der Waals surface area contributed by atoms with E-state index in [2.05, 4.69) is 20.8 Å². The molecule has 2 unspecified atom stereocenters. The van der Waals surface area contributed by atoms with Crippen LogP contribution in [0.4, 0.5) is 4.39 Å². The molecule has 1 fully saturated rings. The minimum Gasteiger partial charge on any atom is -0.337 e. The fraction of sp³-hybridized carbons (Fsp3) is 0.588. The van der Waals surface area contributed by atoms with Crippen LogP contribution in [0.15, 0.2) is 24.3 Å². The highest BCUT2D eigenvalue weighted by molar-refractivity contribution is 5.94. The van der Waals surface area contributed by atoms with Gasteiger partial charge in [0, 0.05) is 19.1 Å². The molecule has 1 aromatic carbocycles. The average molecular weight is 292 g/mol. The highest BCUT2D eigenvalue weighted by Crippen LogP contribution is 2.30. The van der Waals surface area contributed by atoms with Crippen molar-refractivity contribution in [2.24, 2.45) is 17.1 Å². The predicted octanol–water partition coefficient (Wildman–Crippen LogP) is 3.05. The molecule has 1 aliphatic rings. The van der Waals surface area contributed by atoms with Crippen molar-refractivity contribution in [2.75, 3.05) is 13.1 Å². The molecule has 3 nitrogen and oxygen atoms in total. The SMILES string of the molecule is CC(C)(C)CC1CC(N)CN(C(=O)c2ccccc2F)C1. The number of nitrogens with zero attached hydrogens (tertiary/aromatic N) is 1. The minimum absolute atomic E-state index is 0.0261. The first-order valence-electron chi connectivity index (χ1n) is 7.55. The minimum atomic E-state index is -0.464. The van der Waals surface area contributed by atoms with Crippen molar-refractivity contribution in [2.45, 2.75) is 39.7 Å². The van der Waals surface area contributed by atoms with Crippen LogP contribution in [0.2, 0.25) is 0 Å². The van der Waals surface area contributed by atoms with Crippen molar-refractivity contribution in [1.29, 1.82) is 0 Å². The lowest BCUT2D eigenvalue weighted by molar-refractivity contribution is 0.0608. The van der Waals surface area contributed by atoms with Crippen molar-refractivity contribution in [3.63, 3.8) is 0 Å². The van der Waals surface area contributed by atoms with Crippen LogP contribution in [0.25, 0.3) is 0 Å². The fourth-order valence-electron chi connectivity index (χ4n) is 3.23. The van der Waals surface area contributed by atoms with Gasteiger partial charge in [-0.25, -0.2) is 4.39 Å². The monoisotopic (exact) mass is 292 g/mol. The molecule has 0 aromatic heterocycles. The van der Waals surface area contributed by atoms with E-state index in [0.717, 1.165) is 12.8 Å². The van der Waals surface area contributed by atoms with Crippen molar-refractivity contribution >= 4 is 5.91 Å². The summed E-state index contributed by atoms with van der Waals surface area (Å²) in [6.45, 7) is 7.74. The summed E-state index contributed by atoms with van der Waals surface area (Å²) in [5, 5.41) is 0. The summed E-state index contributed by atoms with van der Waals surface area (Å²) >= 11 is 0. The summed E-state index contributed by atoms with van der Waals surface area (Å²) in [7, 11) is 0. The molecule has 0 spiro atoms. The van der Waals surface area contributed by atoms with Crippen molar-refractivity contribution in [3.05, 3.63) is 35.6 Å². The van der Waals surface area contributed by atoms with E-state index in [4.69, 9.17) is 5.73 Å². The summed E-state index contributed by atoms with van der Waals surface area (Å²) in [4.78, 5) is 14.2. The number of amides is 1. The number of piperidine rings is 1. The van der Waals surface area contributed by atoms with Crippen LogP contribution < -0.4 is 5.73 Å². The Kier molecular flexibility index (Phi) is 4.67. The first kappa shape index (κ1) is 16.0.